The Balaban J connectivity index is 2.53. The highest BCUT2D eigenvalue weighted by Gasteiger charge is 2.09. The highest BCUT2D eigenvalue weighted by atomic mass is 16.5. The molecule has 1 aromatic carbocycles. The highest BCUT2D eigenvalue weighted by Crippen LogP contribution is 2.13. The van der Waals surface area contributed by atoms with Crippen molar-refractivity contribution in [1.29, 1.82) is 0 Å². The molecule has 0 heterocycles. The minimum atomic E-state index is -0.357. The monoisotopic (exact) mass is 208 g/mol. The van der Waals surface area contributed by atoms with Crippen molar-refractivity contribution in [2.45, 2.75) is 13.5 Å². The largest absolute Gasteiger partial charge is 0.493 e. The molecule has 4 heteroatoms. The number of hydrogen-bond donors (Lipinski definition) is 2. The molecule has 1 aromatic rings. The van der Waals surface area contributed by atoms with Crippen molar-refractivity contribution in [3.05, 3.63) is 29.8 Å². The summed E-state index contributed by atoms with van der Waals surface area (Å²) in [5, 5.41) is 0. The average Bonchev–Trinajstić information content (AvgIpc) is 2.26. The molecule has 1 amide bonds. The van der Waals surface area contributed by atoms with Crippen molar-refractivity contribution in [3.63, 3.8) is 0 Å². The predicted molar refractivity (Wildman–Crippen MR) is 58.2 cm³/mol. The molecule has 0 aliphatic carbocycles. The van der Waals surface area contributed by atoms with E-state index in [2.05, 4.69) is 0 Å². The van der Waals surface area contributed by atoms with E-state index in [4.69, 9.17) is 16.2 Å². The van der Waals surface area contributed by atoms with E-state index in [1.165, 1.54) is 0 Å². The van der Waals surface area contributed by atoms with Crippen LogP contribution in [0.15, 0.2) is 24.3 Å². The van der Waals surface area contributed by atoms with Gasteiger partial charge < -0.3 is 16.2 Å². The smallest absolute Gasteiger partial charge is 0.223 e. The summed E-state index contributed by atoms with van der Waals surface area (Å²) in [5.74, 6) is 0.0718. The summed E-state index contributed by atoms with van der Waals surface area (Å²) in [6.45, 7) is 2.50. The molecule has 1 unspecified atom stereocenters. The van der Waals surface area contributed by atoms with Crippen LogP contribution in [0, 0.1) is 5.92 Å². The van der Waals surface area contributed by atoms with Gasteiger partial charge in [-0.1, -0.05) is 19.1 Å². The van der Waals surface area contributed by atoms with Gasteiger partial charge in [0.1, 0.15) is 5.75 Å². The summed E-state index contributed by atoms with van der Waals surface area (Å²) >= 11 is 0. The maximum atomic E-state index is 10.8. The van der Waals surface area contributed by atoms with Crippen molar-refractivity contribution >= 4 is 5.91 Å². The van der Waals surface area contributed by atoms with Crippen LogP contribution in [0.2, 0.25) is 0 Å². The topological polar surface area (TPSA) is 78.3 Å². The average molecular weight is 208 g/mol. The van der Waals surface area contributed by atoms with Crippen molar-refractivity contribution < 1.29 is 9.53 Å². The Kier molecular flexibility index (Phi) is 4.12. The molecule has 0 aliphatic heterocycles. The van der Waals surface area contributed by atoms with Crippen LogP contribution in [0.5, 0.6) is 5.75 Å². The molecule has 4 N–H and O–H groups in total. The molecule has 15 heavy (non-hydrogen) atoms. The molecule has 4 nitrogen and oxygen atoms in total. The quantitative estimate of drug-likeness (QED) is 0.745. The van der Waals surface area contributed by atoms with Gasteiger partial charge in [-0.25, -0.2) is 0 Å². The molecule has 0 aromatic heterocycles. The Bertz CT molecular complexity index is 339. The van der Waals surface area contributed by atoms with Crippen LogP contribution in [-0.4, -0.2) is 12.5 Å². The van der Waals surface area contributed by atoms with E-state index >= 15 is 0 Å². The molecule has 82 valence electrons. The number of carbonyl (C=O) groups is 1. The second-order valence-corrected chi connectivity index (χ2v) is 3.47. The van der Waals surface area contributed by atoms with Gasteiger partial charge in [0, 0.05) is 6.54 Å². The second kappa shape index (κ2) is 5.36. The van der Waals surface area contributed by atoms with E-state index in [0.717, 1.165) is 5.56 Å². The molecule has 0 aliphatic rings. The predicted octanol–water partition coefficient (Wildman–Crippen LogP) is 0.645. The van der Waals surface area contributed by atoms with Crippen molar-refractivity contribution in [2.24, 2.45) is 17.4 Å². The second-order valence-electron chi connectivity index (χ2n) is 3.47. The van der Waals surface area contributed by atoms with E-state index in [9.17, 15) is 4.79 Å². The van der Waals surface area contributed by atoms with Gasteiger partial charge in [-0.3, -0.25) is 4.79 Å². The summed E-state index contributed by atoms with van der Waals surface area (Å²) in [6, 6.07) is 7.47. The van der Waals surface area contributed by atoms with Crippen LogP contribution in [0.3, 0.4) is 0 Å². The number of hydrogen-bond acceptors (Lipinski definition) is 3. The Morgan fingerprint density at radius 3 is 2.87 bits per heavy atom. The first-order chi connectivity index (χ1) is 7.13. The van der Waals surface area contributed by atoms with Crippen LogP contribution in [0.1, 0.15) is 12.5 Å². The lowest BCUT2D eigenvalue weighted by molar-refractivity contribution is -0.122. The SMILES string of the molecule is CC(COc1cccc(CN)c1)C(N)=O. The number of carbonyl (C=O) groups excluding carboxylic acids is 1. The standard InChI is InChI=1S/C11H16N2O2/c1-8(11(13)14)7-15-10-4-2-3-9(5-10)6-12/h2-5,8H,6-7,12H2,1H3,(H2,13,14). The van der Waals surface area contributed by atoms with Gasteiger partial charge in [-0.2, -0.15) is 0 Å². The lowest BCUT2D eigenvalue weighted by Gasteiger charge is -2.10. The summed E-state index contributed by atoms with van der Waals surface area (Å²) in [7, 11) is 0. The maximum Gasteiger partial charge on any atom is 0.223 e. The van der Waals surface area contributed by atoms with Gasteiger partial charge in [-0.15, -0.1) is 0 Å². The van der Waals surface area contributed by atoms with Crippen molar-refractivity contribution in [2.75, 3.05) is 6.61 Å². The summed E-state index contributed by atoms with van der Waals surface area (Å²) in [6.07, 6.45) is 0. The van der Waals surface area contributed by atoms with E-state index in [-0.39, 0.29) is 11.8 Å². The van der Waals surface area contributed by atoms with Crippen LogP contribution < -0.4 is 16.2 Å². The fourth-order valence-corrected chi connectivity index (χ4v) is 1.07. The van der Waals surface area contributed by atoms with E-state index in [0.29, 0.717) is 18.9 Å². The number of primary amides is 1. The first kappa shape index (κ1) is 11.5. The van der Waals surface area contributed by atoms with Crippen molar-refractivity contribution in [3.8, 4) is 5.75 Å². The molecule has 1 rings (SSSR count). The van der Waals surface area contributed by atoms with Crippen LogP contribution >= 0.6 is 0 Å². The minimum absolute atomic E-state index is 0.286. The first-order valence-corrected chi connectivity index (χ1v) is 4.84. The molecule has 0 spiro atoms. The molecule has 0 saturated carbocycles. The number of amides is 1. The zero-order valence-electron chi connectivity index (χ0n) is 8.77. The summed E-state index contributed by atoms with van der Waals surface area (Å²) < 4.78 is 5.42. The van der Waals surface area contributed by atoms with E-state index < -0.39 is 0 Å². The third-order valence-corrected chi connectivity index (χ3v) is 2.12. The maximum absolute atomic E-state index is 10.8. The molecule has 1 atom stereocenters. The summed E-state index contributed by atoms with van der Waals surface area (Å²) in [4.78, 5) is 10.8. The molecule has 0 fully saturated rings. The highest BCUT2D eigenvalue weighted by molar-refractivity contribution is 5.76. The Hall–Kier alpha value is -1.55. The molecular formula is C11H16N2O2. The number of rotatable bonds is 5. The van der Waals surface area contributed by atoms with Gasteiger partial charge in [-0.05, 0) is 17.7 Å². The first-order valence-electron chi connectivity index (χ1n) is 4.84. The number of benzene rings is 1. The van der Waals surface area contributed by atoms with Gasteiger partial charge in [0.2, 0.25) is 5.91 Å². The molecule has 0 saturated heterocycles. The van der Waals surface area contributed by atoms with Crippen LogP contribution in [0.25, 0.3) is 0 Å². The van der Waals surface area contributed by atoms with E-state index in [1.54, 1.807) is 6.92 Å². The third kappa shape index (κ3) is 3.59. The molecule has 0 radical (unpaired) electrons. The summed E-state index contributed by atoms with van der Waals surface area (Å²) in [5.41, 5.74) is 11.6. The normalized spacial score (nSPS) is 12.1. The Morgan fingerprint density at radius 1 is 1.53 bits per heavy atom. The Labute approximate surface area is 89.2 Å². The van der Waals surface area contributed by atoms with Gasteiger partial charge in [0.05, 0.1) is 12.5 Å². The zero-order valence-corrected chi connectivity index (χ0v) is 8.77. The number of ether oxygens (including phenoxy) is 1. The van der Waals surface area contributed by atoms with Crippen LogP contribution in [-0.2, 0) is 11.3 Å². The van der Waals surface area contributed by atoms with Gasteiger partial charge in [0.15, 0.2) is 0 Å². The lowest BCUT2D eigenvalue weighted by Crippen LogP contribution is -2.25. The number of nitrogens with two attached hydrogens (primary N) is 2. The molecule has 0 bridgehead atoms. The van der Waals surface area contributed by atoms with Crippen molar-refractivity contribution in [1.82, 2.24) is 0 Å². The Morgan fingerprint density at radius 2 is 2.27 bits per heavy atom. The van der Waals surface area contributed by atoms with Gasteiger partial charge >= 0.3 is 0 Å². The van der Waals surface area contributed by atoms with Crippen LogP contribution in [0.4, 0.5) is 0 Å². The fourth-order valence-electron chi connectivity index (χ4n) is 1.07. The fraction of sp³-hybridized carbons (Fsp3) is 0.364. The molecular weight excluding hydrogens is 192 g/mol. The van der Waals surface area contributed by atoms with Gasteiger partial charge in [0.25, 0.3) is 0 Å². The lowest BCUT2D eigenvalue weighted by atomic mass is 10.2. The minimum Gasteiger partial charge on any atom is -0.493 e. The third-order valence-electron chi connectivity index (χ3n) is 2.12. The van der Waals surface area contributed by atoms with E-state index in [1.807, 2.05) is 24.3 Å². The zero-order chi connectivity index (χ0) is 11.3.